The number of likely N-dealkylation sites (tertiary alicyclic amines) is 1. The Morgan fingerprint density at radius 3 is 2.73 bits per heavy atom. The van der Waals surface area contributed by atoms with Crippen molar-refractivity contribution in [2.45, 2.75) is 32.4 Å². The molecule has 0 bridgehead atoms. The van der Waals surface area contributed by atoms with Crippen LogP contribution in [0.1, 0.15) is 36.5 Å². The molecule has 0 amide bonds. The molecule has 2 N–H and O–H groups in total. The molecule has 0 saturated carbocycles. The zero-order valence-electron chi connectivity index (χ0n) is 12.8. The van der Waals surface area contributed by atoms with Gasteiger partial charge in [0.15, 0.2) is 5.82 Å². The molecule has 1 aliphatic heterocycles. The van der Waals surface area contributed by atoms with Gasteiger partial charge in [0.2, 0.25) is 5.89 Å². The smallest absolute Gasteiger partial charge is 0.240 e. The Morgan fingerprint density at radius 1 is 1.32 bits per heavy atom. The highest BCUT2D eigenvalue weighted by Crippen LogP contribution is 2.32. The third-order valence-electron chi connectivity index (χ3n) is 4.27. The molecule has 2 unspecified atom stereocenters. The molecule has 1 saturated heterocycles. The Kier molecular flexibility index (Phi) is 5.94. The van der Waals surface area contributed by atoms with E-state index in [0.29, 0.717) is 24.3 Å². The van der Waals surface area contributed by atoms with Crippen molar-refractivity contribution in [3.63, 3.8) is 0 Å². The number of rotatable bonds is 4. The second kappa shape index (κ2) is 7.72. The Balaban J connectivity index is 0.00000176. The Labute approximate surface area is 137 Å². The lowest BCUT2D eigenvalue weighted by molar-refractivity contribution is 0.151. The van der Waals surface area contributed by atoms with Crippen molar-refractivity contribution < 1.29 is 4.52 Å². The molecule has 2 atom stereocenters. The van der Waals surface area contributed by atoms with Crippen molar-refractivity contribution in [1.29, 1.82) is 0 Å². The lowest BCUT2D eigenvalue weighted by atomic mass is 9.81. The van der Waals surface area contributed by atoms with Gasteiger partial charge in [-0.05, 0) is 30.4 Å². The molecule has 1 aliphatic rings. The van der Waals surface area contributed by atoms with E-state index in [1.54, 1.807) is 0 Å². The fourth-order valence-electron chi connectivity index (χ4n) is 3.21. The van der Waals surface area contributed by atoms with E-state index in [1.165, 1.54) is 12.0 Å². The zero-order chi connectivity index (χ0) is 14.7. The molecule has 120 valence electrons. The maximum atomic E-state index is 5.49. The lowest BCUT2D eigenvalue weighted by Gasteiger charge is -2.36. The third kappa shape index (κ3) is 3.85. The van der Waals surface area contributed by atoms with Crippen LogP contribution in [0.4, 0.5) is 0 Å². The van der Waals surface area contributed by atoms with E-state index in [-0.39, 0.29) is 12.4 Å². The molecular formula is C16H23ClN4O. The molecule has 5 nitrogen and oxygen atoms in total. The zero-order valence-corrected chi connectivity index (χ0v) is 13.6. The first kappa shape index (κ1) is 16.9. The average Bonchev–Trinajstić information content (AvgIpc) is 2.96. The van der Waals surface area contributed by atoms with E-state index < -0.39 is 0 Å². The highest BCUT2D eigenvalue weighted by Gasteiger charge is 2.27. The van der Waals surface area contributed by atoms with Crippen LogP contribution < -0.4 is 5.73 Å². The SMILES string of the molecule is CC1CN(Cc2noc(CN)n2)CCC1c1ccccc1.Cl. The summed E-state index contributed by atoms with van der Waals surface area (Å²) in [7, 11) is 0. The number of halogens is 1. The summed E-state index contributed by atoms with van der Waals surface area (Å²) in [5, 5.41) is 3.98. The molecule has 2 heterocycles. The second-order valence-corrected chi connectivity index (χ2v) is 5.83. The summed E-state index contributed by atoms with van der Waals surface area (Å²) in [5.41, 5.74) is 6.94. The minimum Gasteiger partial charge on any atom is -0.338 e. The van der Waals surface area contributed by atoms with Gasteiger partial charge < -0.3 is 10.3 Å². The second-order valence-electron chi connectivity index (χ2n) is 5.83. The third-order valence-corrected chi connectivity index (χ3v) is 4.27. The number of nitrogens with two attached hydrogens (primary N) is 1. The van der Waals surface area contributed by atoms with Crippen LogP contribution in [0.25, 0.3) is 0 Å². The Bertz CT molecular complexity index is 575. The van der Waals surface area contributed by atoms with Gasteiger partial charge in [-0.25, -0.2) is 0 Å². The molecule has 3 rings (SSSR count). The summed E-state index contributed by atoms with van der Waals surface area (Å²) in [4.78, 5) is 6.68. The topological polar surface area (TPSA) is 68.2 Å². The largest absolute Gasteiger partial charge is 0.338 e. The van der Waals surface area contributed by atoms with Gasteiger partial charge in [-0.1, -0.05) is 42.4 Å². The van der Waals surface area contributed by atoms with E-state index in [2.05, 4.69) is 52.3 Å². The van der Waals surface area contributed by atoms with Crippen LogP contribution in [0.2, 0.25) is 0 Å². The van der Waals surface area contributed by atoms with E-state index in [0.717, 1.165) is 25.5 Å². The highest BCUT2D eigenvalue weighted by molar-refractivity contribution is 5.85. The fourth-order valence-corrected chi connectivity index (χ4v) is 3.21. The van der Waals surface area contributed by atoms with Crippen LogP contribution in [0.5, 0.6) is 0 Å². The summed E-state index contributed by atoms with van der Waals surface area (Å²) in [6, 6.07) is 10.8. The highest BCUT2D eigenvalue weighted by atomic mass is 35.5. The van der Waals surface area contributed by atoms with Gasteiger partial charge in [-0.15, -0.1) is 12.4 Å². The summed E-state index contributed by atoms with van der Waals surface area (Å²) in [6.07, 6.45) is 1.17. The van der Waals surface area contributed by atoms with Crippen LogP contribution in [-0.2, 0) is 13.1 Å². The number of benzene rings is 1. The van der Waals surface area contributed by atoms with E-state index in [1.807, 2.05) is 0 Å². The molecule has 0 spiro atoms. The number of piperidine rings is 1. The van der Waals surface area contributed by atoms with E-state index in [4.69, 9.17) is 10.3 Å². The summed E-state index contributed by atoms with van der Waals surface area (Å²) in [5.74, 6) is 2.52. The van der Waals surface area contributed by atoms with Crippen molar-refractivity contribution in [2.24, 2.45) is 11.7 Å². The van der Waals surface area contributed by atoms with Gasteiger partial charge in [-0.3, -0.25) is 4.90 Å². The number of nitrogens with zero attached hydrogens (tertiary/aromatic N) is 3. The van der Waals surface area contributed by atoms with Gasteiger partial charge in [-0.2, -0.15) is 4.98 Å². The average molecular weight is 323 g/mol. The monoisotopic (exact) mass is 322 g/mol. The minimum atomic E-state index is 0. The maximum absolute atomic E-state index is 5.49. The van der Waals surface area contributed by atoms with Gasteiger partial charge in [0.25, 0.3) is 0 Å². The van der Waals surface area contributed by atoms with Crippen LogP contribution in [0.15, 0.2) is 34.9 Å². The Morgan fingerprint density at radius 2 is 2.09 bits per heavy atom. The molecule has 1 aromatic heterocycles. The summed E-state index contributed by atoms with van der Waals surface area (Å²) >= 11 is 0. The standard InChI is InChI=1S/C16H22N4O.ClH/c1-12-10-20(11-15-18-16(9-17)21-19-15)8-7-14(12)13-5-3-2-4-6-13;/h2-6,12,14H,7-11,17H2,1H3;1H. The minimum absolute atomic E-state index is 0. The molecule has 2 aromatic rings. The molecule has 1 fully saturated rings. The number of hydrogen-bond acceptors (Lipinski definition) is 5. The maximum Gasteiger partial charge on any atom is 0.240 e. The van der Waals surface area contributed by atoms with Crippen LogP contribution >= 0.6 is 12.4 Å². The van der Waals surface area contributed by atoms with Crippen molar-refractivity contribution in [2.75, 3.05) is 13.1 Å². The lowest BCUT2D eigenvalue weighted by Crippen LogP contribution is -2.38. The van der Waals surface area contributed by atoms with Gasteiger partial charge in [0.1, 0.15) is 0 Å². The van der Waals surface area contributed by atoms with E-state index >= 15 is 0 Å². The predicted octanol–water partition coefficient (Wildman–Crippen LogP) is 2.58. The molecule has 0 radical (unpaired) electrons. The van der Waals surface area contributed by atoms with Gasteiger partial charge in [0, 0.05) is 6.54 Å². The molecule has 22 heavy (non-hydrogen) atoms. The van der Waals surface area contributed by atoms with Crippen molar-refractivity contribution >= 4 is 12.4 Å². The first-order valence-corrected chi connectivity index (χ1v) is 7.55. The Hall–Kier alpha value is -1.43. The molecule has 1 aromatic carbocycles. The molecule has 6 heteroatoms. The summed E-state index contributed by atoms with van der Waals surface area (Å²) < 4.78 is 5.06. The predicted molar refractivity (Wildman–Crippen MR) is 87.7 cm³/mol. The van der Waals surface area contributed by atoms with Crippen molar-refractivity contribution in [3.05, 3.63) is 47.6 Å². The first-order valence-electron chi connectivity index (χ1n) is 7.55. The molecule has 0 aliphatic carbocycles. The normalized spacial score (nSPS) is 22.3. The van der Waals surface area contributed by atoms with Crippen LogP contribution in [-0.4, -0.2) is 28.1 Å². The van der Waals surface area contributed by atoms with Crippen molar-refractivity contribution in [3.8, 4) is 0 Å². The number of aromatic nitrogens is 2. The summed E-state index contributed by atoms with van der Waals surface area (Å²) in [6.45, 7) is 5.50. The van der Waals surface area contributed by atoms with Gasteiger partial charge in [0.05, 0.1) is 13.1 Å². The van der Waals surface area contributed by atoms with Crippen LogP contribution in [0.3, 0.4) is 0 Å². The first-order chi connectivity index (χ1) is 10.3. The van der Waals surface area contributed by atoms with E-state index in [9.17, 15) is 0 Å². The van der Waals surface area contributed by atoms with Gasteiger partial charge >= 0.3 is 0 Å². The molecular weight excluding hydrogens is 300 g/mol. The fraction of sp³-hybridized carbons (Fsp3) is 0.500. The van der Waals surface area contributed by atoms with Crippen molar-refractivity contribution in [1.82, 2.24) is 15.0 Å². The quantitative estimate of drug-likeness (QED) is 0.937. The number of hydrogen-bond donors (Lipinski definition) is 1. The van der Waals surface area contributed by atoms with Crippen LogP contribution in [0, 0.1) is 5.92 Å².